The first-order chi connectivity index (χ1) is 12.9. The van der Waals surface area contributed by atoms with Crippen molar-refractivity contribution in [3.8, 4) is 0 Å². The zero-order valence-electron chi connectivity index (χ0n) is 15.1. The van der Waals surface area contributed by atoms with Gasteiger partial charge in [-0.3, -0.25) is 9.59 Å². The Bertz CT molecular complexity index is 828. The molecule has 0 spiro atoms. The quantitative estimate of drug-likeness (QED) is 0.661. The second-order valence-corrected chi connectivity index (χ2v) is 8.59. The van der Waals surface area contributed by atoms with Gasteiger partial charge in [-0.1, -0.05) is 11.8 Å². The molecular weight excluding hydrogens is 388 g/mol. The molecule has 1 saturated carbocycles. The average molecular weight is 411 g/mol. The molecule has 1 aliphatic rings. The molecule has 3 N–H and O–H groups in total. The molecule has 27 heavy (non-hydrogen) atoms. The molecular formula is C17H22N4O4S2. The molecule has 3 rings (SSSR count). The van der Waals surface area contributed by atoms with Crippen LogP contribution in [0, 0.1) is 13.8 Å². The number of amides is 1. The lowest BCUT2D eigenvalue weighted by Gasteiger charge is -2.28. The Labute approximate surface area is 164 Å². The molecule has 2 aromatic rings. The lowest BCUT2D eigenvalue weighted by atomic mass is 9.95. The third-order valence-electron chi connectivity index (χ3n) is 3.99. The van der Waals surface area contributed by atoms with Gasteiger partial charge in [-0.25, -0.2) is 9.78 Å². The van der Waals surface area contributed by atoms with Crippen LogP contribution in [0.5, 0.6) is 0 Å². The summed E-state index contributed by atoms with van der Waals surface area (Å²) in [6, 6.07) is 1.75. The maximum Gasteiger partial charge on any atom is 0.345 e. The summed E-state index contributed by atoms with van der Waals surface area (Å²) in [6.07, 6.45) is 3.98. The molecule has 0 bridgehead atoms. The summed E-state index contributed by atoms with van der Waals surface area (Å²) in [4.78, 5) is 42.8. The number of carbonyl (C=O) groups is 2. The lowest BCUT2D eigenvalue weighted by molar-refractivity contribution is -0.122. The Morgan fingerprint density at radius 3 is 2.56 bits per heavy atom. The second kappa shape index (κ2) is 10.2. The number of aryl methyl sites for hydroxylation is 2. The van der Waals surface area contributed by atoms with E-state index in [2.05, 4.69) is 25.6 Å². The van der Waals surface area contributed by atoms with Gasteiger partial charge in [-0.15, -0.1) is 11.3 Å². The molecule has 1 amide bonds. The Morgan fingerprint density at radius 1 is 1.33 bits per heavy atom. The van der Waals surface area contributed by atoms with E-state index in [9.17, 15) is 9.59 Å². The number of H-pyrrole nitrogens is 1. The van der Waals surface area contributed by atoms with Crippen LogP contribution in [0.25, 0.3) is 0 Å². The Hall–Kier alpha value is -2.20. The molecule has 0 aliphatic heterocycles. The number of nitrogens with one attached hydrogen (secondary N) is 2. The number of thioether (sulfide) groups is 1. The number of hydrogen-bond acceptors (Lipinski definition) is 7. The fourth-order valence-corrected chi connectivity index (χ4v) is 5.09. The first-order valence-corrected chi connectivity index (χ1v) is 10.2. The largest absolute Gasteiger partial charge is 0.483 e. The van der Waals surface area contributed by atoms with Crippen LogP contribution in [0.15, 0.2) is 20.6 Å². The average Bonchev–Trinajstić information content (AvgIpc) is 3.01. The van der Waals surface area contributed by atoms with E-state index in [0.717, 1.165) is 35.7 Å². The van der Waals surface area contributed by atoms with Crippen molar-refractivity contribution in [1.29, 1.82) is 0 Å². The van der Waals surface area contributed by atoms with E-state index >= 15 is 0 Å². The van der Waals surface area contributed by atoms with Gasteiger partial charge < -0.3 is 15.4 Å². The summed E-state index contributed by atoms with van der Waals surface area (Å²) in [5, 5.41) is 12.5. The van der Waals surface area contributed by atoms with E-state index in [-0.39, 0.29) is 24.1 Å². The highest BCUT2D eigenvalue weighted by Crippen LogP contribution is 2.35. The van der Waals surface area contributed by atoms with Crippen molar-refractivity contribution in [2.24, 2.45) is 0 Å². The van der Waals surface area contributed by atoms with Gasteiger partial charge in [0.05, 0.1) is 0 Å². The number of thiazole rings is 1. The van der Waals surface area contributed by atoms with Crippen LogP contribution < -0.4 is 11.0 Å². The number of carbonyl (C=O) groups excluding carboxylic acids is 1. The van der Waals surface area contributed by atoms with Crippen molar-refractivity contribution in [2.45, 2.75) is 55.2 Å². The molecule has 0 atom stereocenters. The van der Waals surface area contributed by atoms with Gasteiger partial charge in [0.25, 0.3) is 12.4 Å². The molecule has 1 fully saturated rings. The summed E-state index contributed by atoms with van der Waals surface area (Å²) in [5.41, 5.74) is 1.41. The summed E-state index contributed by atoms with van der Waals surface area (Å²) in [5.74, 6) is -0.268. The normalized spacial score (nSPS) is 18.9. The minimum Gasteiger partial charge on any atom is -0.483 e. The maximum atomic E-state index is 12.3. The Morgan fingerprint density at radius 2 is 2.00 bits per heavy atom. The summed E-state index contributed by atoms with van der Waals surface area (Å²) in [7, 11) is 0. The van der Waals surface area contributed by atoms with Crippen molar-refractivity contribution in [2.75, 3.05) is 0 Å². The number of rotatable bonds is 4. The SMILES string of the molecule is Cc1csc(SC2CCC(NC(=O)c3cc(C)[nH]c(=O)n3)CC2)n1.O=CO. The van der Waals surface area contributed by atoms with Crippen molar-refractivity contribution >= 4 is 35.5 Å². The highest BCUT2D eigenvalue weighted by atomic mass is 32.2. The number of carboxylic acid groups (broad SMARTS) is 1. The zero-order valence-corrected chi connectivity index (χ0v) is 16.7. The summed E-state index contributed by atoms with van der Waals surface area (Å²) < 4.78 is 1.13. The molecule has 0 saturated heterocycles. The molecule has 2 aromatic heterocycles. The maximum absolute atomic E-state index is 12.3. The Kier molecular flexibility index (Phi) is 7.99. The van der Waals surface area contributed by atoms with E-state index in [4.69, 9.17) is 9.90 Å². The monoisotopic (exact) mass is 410 g/mol. The second-order valence-electron chi connectivity index (χ2n) is 6.18. The van der Waals surface area contributed by atoms with Crippen molar-refractivity contribution in [1.82, 2.24) is 20.3 Å². The van der Waals surface area contributed by atoms with E-state index in [1.54, 1.807) is 24.3 Å². The van der Waals surface area contributed by atoms with Gasteiger partial charge in [0.2, 0.25) is 0 Å². The van der Waals surface area contributed by atoms with Gasteiger partial charge >= 0.3 is 5.69 Å². The molecule has 8 nitrogen and oxygen atoms in total. The number of aromatic amines is 1. The van der Waals surface area contributed by atoms with Crippen LogP contribution in [0.1, 0.15) is 47.6 Å². The topological polar surface area (TPSA) is 125 Å². The van der Waals surface area contributed by atoms with E-state index < -0.39 is 5.69 Å². The van der Waals surface area contributed by atoms with Crippen LogP contribution >= 0.6 is 23.1 Å². The fraction of sp³-hybridized carbons (Fsp3) is 0.471. The van der Waals surface area contributed by atoms with Crippen LogP contribution in [0.4, 0.5) is 0 Å². The van der Waals surface area contributed by atoms with Crippen LogP contribution in [-0.2, 0) is 4.79 Å². The molecule has 146 valence electrons. The predicted octanol–water partition coefficient (Wildman–Crippen LogP) is 2.38. The molecule has 10 heteroatoms. The van der Waals surface area contributed by atoms with Gasteiger partial charge in [-0.05, 0) is 45.6 Å². The molecule has 0 radical (unpaired) electrons. The van der Waals surface area contributed by atoms with E-state index in [0.29, 0.717) is 10.9 Å². The minimum absolute atomic E-state index is 0.147. The van der Waals surface area contributed by atoms with E-state index in [1.165, 1.54) is 0 Å². The first kappa shape index (κ1) is 21.1. The molecule has 0 unspecified atom stereocenters. The van der Waals surface area contributed by atoms with Gasteiger partial charge in [0, 0.05) is 28.1 Å². The zero-order chi connectivity index (χ0) is 19.8. The number of aromatic nitrogens is 3. The van der Waals surface area contributed by atoms with Gasteiger partial charge in [-0.2, -0.15) is 4.98 Å². The van der Waals surface area contributed by atoms with Crippen molar-refractivity contribution in [3.05, 3.63) is 39.0 Å². The highest BCUT2D eigenvalue weighted by molar-refractivity contribution is 8.01. The third kappa shape index (κ3) is 6.79. The van der Waals surface area contributed by atoms with Crippen LogP contribution in [0.2, 0.25) is 0 Å². The molecule has 1 aliphatic carbocycles. The standard InChI is InChI=1S/C16H20N4O2S2.CH2O2/c1-9-7-13(20-15(22)17-9)14(21)19-11-3-5-12(6-4-11)24-16-18-10(2)8-23-16;2-1-3/h7-8,11-12H,3-6H2,1-2H3,(H,19,21)(H,17,20,22);1H,(H,2,3). The summed E-state index contributed by atoms with van der Waals surface area (Å²) >= 11 is 3.54. The predicted molar refractivity (Wildman–Crippen MR) is 105 cm³/mol. The van der Waals surface area contributed by atoms with E-state index in [1.807, 2.05) is 18.7 Å². The first-order valence-electron chi connectivity index (χ1n) is 8.46. The summed E-state index contributed by atoms with van der Waals surface area (Å²) in [6.45, 7) is 3.50. The Balaban J connectivity index is 0.000000817. The highest BCUT2D eigenvalue weighted by Gasteiger charge is 2.24. The third-order valence-corrected chi connectivity index (χ3v) is 6.41. The van der Waals surface area contributed by atoms with Crippen LogP contribution in [-0.4, -0.2) is 43.7 Å². The van der Waals surface area contributed by atoms with Gasteiger partial charge in [0.15, 0.2) is 0 Å². The smallest absolute Gasteiger partial charge is 0.345 e. The van der Waals surface area contributed by atoms with Crippen molar-refractivity contribution in [3.63, 3.8) is 0 Å². The molecule has 2 heterocycles. The fourth-order valence-electron chi connectivity index (χ4n) is 2.81. The number of nitrogens with zero attached hydrogens (tertiary/aromatic N) is 2. The molecule has 0 aromatic carbocycles. The van der Waals surface area contributed by atoms with Crippen LogP contribution in [0.3, 0.4) is 0 Å². The lowest BCUT2D eigenvalue weighted by Crippen LogP contribution is -2.39. The van der Waals surface area contributed by atoms with Crippen molar-refractivity contribution < 1.29 is 14.7 Å². The minimum atomic E-state index is -0.487. The van der Waals surface area contributed by atoms with Gasteiger partial charge in [0.1, 0.15) is 10.0 Å². The number of hydrogen-bond donors (Lipinski definition) is 3.